The number of hydrogen-bond acceptors (Lipinski definition) is 2. The van der Waals surface area contributed by atoms with Crippen LogP contribution in [0.5, 0.6) is 0 Å². The molecule has 1 heterocycles. The van der Waals surface area contributed by atoms with Gasteiger partial charge in [0.25, 0.3) is 0 Å². The molecule has 3 nitrogen and oxygen atoms in total. The van der Waals surface area contributed by atoms with Crippen LogP contribution in [-0.4, -0.2) is 25.8 Å². The Morgan fingerprint density at radius 3 is 2.32 bits per heavy atom. The quantitative estimate of drug-likeness (QED) is 0.798. The molecule has 1 aromatic carbocycles. The van der Waals surface area contributed by atoms with Crippen LogP contribution in [0.25, 0.3) is 0 Å². The molecule has 1 aliphatic heterocycles. The van der Waals surface area contributed by atoms with Crippen molar-refractivity contribution in [2.45, 2.75) is 25.7 Å². The Labute approximate surface area is 116 Å². The molecule has 0 unspecified atom stereocenters. The van der Waals surface area contributed by atoms with E-state index in [1.54, 1.807) is 16.4 Å². The lowest BCUT2D eigenvalue weighted by atomic mass is 9.92. The van der Waals surface area contributed by atoms with E-state index in [9.17, 15) is 8.42 Å². The van der Waals surface area contributed by atoms with Gasteiger partial charge in [0.2, 0.25) is 10.0 Å². The van der Waals surface area contributed by atoms with Gasteiger partial charge in [0.1, 0.15) is 0 Å². The summed E-state index contributed by atoms with van der Waals surface area (Å²) in [6.45, 7) is 11.1. The molecule has 2 rings (SSSR count). The van der Waals surface area contributed by atoms with Gasteiger partial charge in [-0.2, -0.15) is 4.31 Å². The molecular weight excluding hydrogens is 258 g/mol. The van der Waals surface area contributed by atoms with Crippen LogP contribution in [0.2, 0.25) is 0 Å². The molecule has 0 radical (unpaired) electrons. The predicted molar refractivity (Wildman–Crippen MR) is 77.4 cm³/mol. The molecule has 1 aliphatic rings. The summed E-state index contributed by atoms with van der Waals surface area (Å²) in [5.41, 5.74) is 2.13. The van der Waals surface area contributed by atoms with Crippen LogP contribution in [0.15, 0.2) is 41.3 Å². The maximum absolute atomic E-state index is 12.6. The van der Waals surface area contributed by atoms with Crippen molar-refractivity contribution in [1.82, 2.24) is 4.31 Å². The summed E-state index contributed by atoms with van der Waals surface area (Å²) in [5.74, 6) is 0.595. The molecule has 0 bridgehead atoms. The summed E-state index contributed by atoms with van der Waals surface area (Å²) in [6, 6.07) is 7.04. The smallest absolute Gasteiger partial charge is 0.207 e. The van der Waals surface area contributed by atoms with Crippen LogP contribution in [0.1, 0.15) is 19.4 Å². The van der Waals surface area contributed by atoms with Crippen molar-refractivity contribution >= 4 is 10.0 Å². The van der Waals surface area contributed by atoms with Crippen LogP contribution in [0, 0.1) is 18.8 Å². The Balaban J connectivity index is 2.27. The highest BCUT2D eigenvalue weighted by Crippen LogP contribution is 2.32. The number of benzene rings is 1. The van der Waals surface area contributed by atoms with E-state index < -0.39 is 10.0 Å². The minimum Gasteiger partial charge on any atom is -0.207 e. The number of rotatable bonds is 3. The molecule has 1 fully saturated rings. The maximum Gasteiger partial charge on any atom is 0.243 e. The molecule has 0 spiro atoms. The van der Waals surface area contributed by atoms with Gasteiger partial charge in [-0.3, -0.25) is 0 Å². The molecular formula is C15H21NO2S. The zero-order valence-corrected chi connectivity index (χ0v) is 12.6. The minimum absolute atomic E-state index is 0.264. The van der Waals surface area contributed by atoms with Gasteiger partial charge in [-0.05, 0) is 37.8 Å². The highest BCUT2D eigenvalue weighted by molar-refractivity contribution is 7.89. The van der Waals surface area contributed by atoms with E-state index in [1.165, 1.54) is 0 Å². The second-order valence-corrected chi connectivity index (χ2v) is 7.50. The SMILES string of the molecule is C=C(C)[C@H]1CN(S(=O)(=O)c2ccc(C)cc2)C[C@H]1C. The maximum atomic E-state index is 12.6. The van der Waals surface area contributed by atoms with E-state index in [-0.39, 0.29) is 5.92 Å². The standard InChI is InChI=1S/C15H21NO2S/c1-11(2)15-10-16(9-13(15)4)19(17,18)14-7-5-12(3)6-8-14/h5-8,13,15H,1,9-10H2,2-4H3/t13-,15-/m1/s1. The summed E-state index contributed by atoms with van der Waals surface area (Å²) < 4.78 is 26.7. The van der Waals surface area contributed by atoms with Crippen molar-refractivity contribution < 1.29 is 8.42 Å². The van der Waals surface area contributed by atoms with Gasteiger partial charge in [-0.25, -0.2) is 8.42 Å². The van der Waals surface area contributed by atoms with E-state index in [0.29, 0.717) is 23.9 Å². The summed E-state index contributed by atoms with van der Waals surface area (Å²) >= 11 is 0. The van der Waals surface area contributed by atoms with Gasteiger partial charge in [-0.15, -0.1) is 0 Å². The van der Waals surface area contributed by atoms with Gasteiger partial charge in [0.05, 0.1) is 4.90 Å². The molecule has 4 heteroatoms. The molecule has 104 valence electrons. The number of nitrogens with zero attached hydrogens (tertiary/aromatic N) is 1. The third kappa shape index (κ3) is 2.74. The monoisotopic (exact) mass is 279 g/mol. The van der Waals surface area contributed by atoms with Crippen molar-refractivity contribution in [2.24, 2.45) is 11.8 Å². The second-order valence-electron chi connectivity index (χ2n) is 5.57. The van der Waals surface area contributed by atoms with Crippen LogP contribution < -0.4 is 0 Å². The van der Waals surface area contributed by atoms with Crippen molar-refractivity contribution in [3.8, 4) is 0 Å². The van der Waals surface area contributed by atoms with Gasteiger partial charge < -0.3 is 0 Å². The second kappa shape index (κ2) is 5.10. The molecule has 0 aromatic heterocycles. The van der Waals surface area contributed by atoms with Crippen LogP contribution in [0.3, 0.4) is 0 Å². The van der Waals surface area contributed by atoms with Gasteiger partial charge in [0.15, 0.2) is 0 Å². The first-order valence-electron chi connectivity index (χ1n) is 6.54. The van der Waals surface area contributed by atoms with Crippen molar-refractivity contribution in [1.29, 1.82) is 0 Å². The molecule has 0 amide bonds. The number of sulfonamides is 1. The Hall–Kier alpha value is -1.13. The zero-order chi connectivity index (χ0) is 14.2. The number of aryl methyl sites for hydroxylation is 1. The van der Waals surface area contributed by atoms with Crippen molar-refractivity contribution in [3.05, 3.63) is 42.0 Å². The zero-order valence-electron chi connectivity index (χ0n) is 11.8. The highest BCUT2D eigenvalue weighted by Gasteiger charge is 2.37. The van der Waals surface area contributed by atoms with E-state index in [4.69, 9.17) is 0 Å². The third-order valence-electron chi connectivity index (χ3n) is 3.87. The highest BCUT2D eigenvalue weighted by atomic mass is 32.2. The first-order chi connectivity index (χ1) is 8.82. The van der Waals surface area contributed by atoms with E-state index >= 15 is 0 Å². The number of hydrogen-bond donors (Lipinski definition) is 0. The first-order valence-corrected chi connectivity index (χ1v) is 7.98. The summed E-state index contributed by atoms with van der Waals surface area (Å²) in [6.07, 6.45) is 0. The fourth-order valence-electron chi connectivity index (χ4n) is 2.62. The van der Waals surface area contributed by atoms with Gasteiger partial charge in [-0.1, -0.05) is 36.8 Å². The average Bonchev–Trinajstić information content (AvgIpc) is 2.72. The van der Waals surface area contributed by atoms with Crippen LogP contribution in [-0.2, 0) is 10.0 Å². The topological polar surface area (TPSA) is 37.4 Å². The Morgan fingerprint density at radius 2 is 1.84 bits per heavy atom. The Bertz CT molecular complexity index is 575. The first kappa shape index (κ1) is 14.3. The fourth-order valence-corrected chi connectivity index (χ4v) is 4.19. The van der Waals surface area contributed by atoms with Crippen molar-refractivity contribution in [3.63, 3.8) is 0 Å². The van der Waals surface area contributed by atoms with Crippen LogP contribution in [0.4, 0.5) is 0 Å². The minimum atomic E-state index is -3.36. The lowest BCUT2D eigenvalue weighted by molar-refractivity contribution is 0.464. The molecule has 19 heavy (non-hydrogen) atoms. The molecule has 0 saturated carbocycles. The molecule has 1 aromatic rings. The lowest BCUT2D eigenvalue weighted by Gasteiger charge is -2.16. The summed E-state index contributed by atoms with van der Waals surface area (Å²) in [4.78, 5) is 0.382. The average molecular weight is 279 g/mol. The van der Waals surface area contributed by atoms with E-state index in [2.05, 4.69) is 13.5 Å². The van der Waals surface area contributed by atoms with E-state index in [1.807, 2.05) is 26.0 Å². The predicted octanol–water partition coefficient (Wildman–Crippen LogP) is 2.83. The summed E-state index contributed by atoms with van der Waals surface area (Å²) in [7, 11) is -3.36. The fraction of sp³-hybridized carbons (Fsp3) is 0.467. The molecule has 0 N–H and O–H groups in total. The van der Waals surface area contributed by atoms with Crippen LogP contribution >= 0.6 is 0 Å². The Kier molecular flexibility index (Phi) is 3.83. The van der Waals surface area contributed by atoms with E-state index in [0.717, 1.165) is 11.1 Å². The third-order valence-corrected chi connectivity index (χ3v) is 5.72. The Morgan fingerprint density at radius 1 is 1.26 bits per heavy atom. The lowest BCUT2D eigenvalue weighted by Crippen LogP contribution is -2.29. The molecule has 1 saturated heterocycles. The molecule has 0 aliphatic carbocycles. The van der Waals surface area contributed by atoms with Gasteiger partial charge >= 0.3 is 0 Å². The molecule has 2 atom stereocenters. The van der Waals surface area contributed by atoms with Gasteiger partial charge in [0, 0.05) is 13.1 Å². The summed E-state index contributed by atoms with van der Waals surface area (Å²) in [5, 5.41) is 0. The normalized spacial score (nSPS) is 24.6. The largest absolute Gasteiger partial charge is 0.243 e. The van der Waals surface area contributed by atoms with Crippen molar-refractivity contribution in [2.75, 3.05) is 13.1 Å².